The maximum Gasteiger partial charge on any atom is 0.314 e. The molecule has 0 rings (SSSR count). The fourth-order valence-corrected chi connectivity index (χ4v) is 1.69. The Hall–Kier alpha value is -1.11. The van der Waals surface area contributed by atoms with Crippen LogP contribution in [0.1, 0.15) is 39.0 Å². The first-order valence-electron chi connectivity index (χ1n) is 6.49. The summed E-state index contributed by atoms with van der Waals surface area (Å²) < 4.78 is 11.1. The van der Waals surface area contributed by atoms with E-state index in [1.807, 2.05) is 6.92 Å². The number of nitrogens with one attached hydrogen (secondary N) is 2. The summed E-state index contributed by atoms with van der Waals surface area (Å²) in [5, 5.41) is 13.8. The fraction of sp³-hybridized carbons (Fsp3) is 0.833. The summed E-state index contributed by atoms with van der Waals surface area (Å²) in [6.07, 6.45) is 5.11. The molecule has 112 valence electrons. The minimum atomic E-state index is -0.932. The first kappa shape index (κ1) is 17.9. The van der Waals surface area contributed by atoms with Crippen LogP contribution in [0.5, 0.6) is 0 Å². The van der Waals surface area contributed by atoms with Gasteiger partial charge in [0.25, 0.3) is 0 Å². The van der Waals surface area contributed by atoms with Gasteiger partial charge in [-0.1, -0.05) is 12.8 Å². The molecule has 0 aromatic carbocycles. The van der Waals surface area contributed by atoms with Gasteiger partial charge < -0.3 is 15.7 Å². The third kappa shape index (κ3) is 11.7. The van der Waals surface area contributed by atoms with E-state index >= 15 is 0 Å². The Labute approximate surface area is 116 Å². The Morgan fingerprint density at radius 1 is 1.16 bits per heavy atom. The second kappa shape index (κ2) is 10.8. The van der Waals surface area contributed by atoms with Gasteiger partial charge in [0.15, 0.2) is 0 Å². The molecule has 0 spiro atoms. The Kier molecular flexibility index (Phi) is 10.1. The molecule has 6 nitrogen and oxygen atoms in total. The van der Waals surface area contributed by atoms with Crippen molar-refractivity contribution in [3.8, 4) is 0 Å². The van der Waals surface area contributed by atoms with E-state index in [0.29, 0.717) is 19.5 Å². The molecule has 0 heterocycles. The van der Waals surface area contributed by atoms with Crippen molar-refractivity contribution in [3.63, 3.8) is 0 Å². The van der Waals surface area contributed by atoms with Gasteiger partial charge in [0.2, 0.25) is 0 Å². The maximum atomic E-state index is 11.3. The predicted octanol–water partition coefficient (Wildman–Crippen LogP) is 1.09. The average Bonchev–Trinajstić information content (AvgIpc) is 2.34. The zero-order chi connectivity index (χ0) is 14.7. The fourth-order valence-electron chi connectivity index (χ4n) is 1.37. The van der Waals surface area contributed by atoms with E-state index in [2.05, 4.69) is 10.6 Å². The van der Waals surface area contributed by atoms with Crippen LogP contribution in [0.4, 0.5) is 4.79 Å². The number of hydrogen-bond acceptors (Lipinski definition) is 3. The molecule has 0 radical (unpaired) electrons. The number of carbonyl (C=O) groups is 2. The highest BCUT2D eigenvalue weighted by molar-refractivity contribution is 7.84. The molecule has 0 aliphatic heterocycles. The lowest BCUT2D eigenvalue weighted by Crippen LogP contribution is -2.40. The summed E-state index contributed by atoms with van der Waals surface area (Å²) in [6.45, 7) is 2.79. The summed E-state index contributed by atoms with van der Waals surface area (Å²) in [5.74, 6) is -0.764. The molecular weight excluding hydrogens is 268 g/mol. The Morgan fingerprint density at radius 2 is 1.79 bits per heavy atom. The highest BCUT2D eigenvalue weighted by atomic mass is 32.2. The quantitative estimate of drug-likeness (QED) is 0.525. The molecule has 19 heavy (non-hydrogen) atoms. The third-order valence-electron chi connectivity index (χ3n) is 2.72. The predicted molar refractivity (Wildman–Crippen MR) is 75.7 cm³/mol. The van der Waals surface area contributed by atoms with Crippen molar-refractivity contribution < 1.29 is 18.9 Å². The van der Waals surface area contributed by atoms with E-state index < -0.39 is 16.8 Å². The number of amides is 2. The SMILES string of the molecule is CC(CNC(=O)NCCCCCCC(=O)O)S(C)=O. The minimum Gasteiger partial charge on any atom is -0.481 e. The van der Waals surface area contributed by atoms with Gasteiger partial charge in [-0.25, -0.2) is 4.79 Å². The van der Waals surface area contributed by atoms with Crippen LogP contribution in [0, 0.1) is 0 Å². The summed E-state index contributed by atoms with van der Waals surface area (Å²) in [6, 6.07) is -0.247. The van der Waals surface area contributed by atoms with Crippen LogP contribution in [0.25, 0.3) is 0 Å². The second-order valence-corrected chi connectivity index (χ2v) is 6.31. The first-order valence-corrected chi connectivity index (χ1v) is 8.11. The van der Waals surface area contributed by atoms with E-state index in [4.69, 9.17) is 5.11 Å². The molecule has 0 aliphatic carbocycles. The molecule has 2 atom stereocenters. The van der Waals surface area contributed by atoms with Crippen LogP contribution in [-0.4, -0.2) is 45.9 Å². The van der Waals surface area contributed by atoms with Gasteiger partial charge in [-0.15, -0.1) is 0 Å². The largest absolute Gasteiger partial charge is 0.481 e. The molecule has 3 N–H and O–H groups in total. The van der Waals surface area contributed by atoms with Gasteiger partial charge in [-0.2, -0.15) is 0 Å². The Bertz CT molecular complexity index is 310. The second-order valence-electron chi connectivity index (χ2n) is 4.50. The number of hydrogen-bond donors (Lipinski definition) is 3. The Balaban J connectivity index is 3.39. The van der Waals surface area contributed by atoms with Crippen LogP contribution in [0.15, 0.2) is 0 Å². The van der Waals surface area contributed by atoms with E-state index in [1.165, 1.54) is 0 Å². The van der Waals surface area contributed by atoms with Crippen molar-refractivity contribution >= 4 is 22.8 Å². The van der Waals surface area contributed by atoms with Gasteiger partial charge in [-0.05, 0) is 19.8 Å². The monoisotopic (exact) mass is 292 g/mol. The number of urea groups is 1. The molecule has 0 saturated heterocycles. The van der Waals surface area contributed by atoms with Crippen LogP contribution >= 0.6 is 0 Å². The van der Waals surface area contributed by atoms with E-state index in [0.717, 1.165) is 19.3 Å². The summed E-state index contributed by atoms with van der Waals surface area (Å²) in [4.78, 5) is 21.6. The van der Waals surface area contributed by atoms with Crippen molar-refractivity contribution in [1.82, 2.24) is 10.6 Å². The minimum absolute atomic E-state index is 0.0539. The summed E-state index contributed by atoms with van der Waals surface area (Å²) in [7, 11) is -0.932. The first-order chi connectivity index (χ1) is 8.93. The number of rotatable bonds is 10. The van der Waals surface area contributed by atoms with Crippen molar-refractivity contribution in [2.75, 3.05) is 19.3 Å². The number of carboxylic acid groups (broad SMARTS) is 1. The highest BCUT2D eigenvalue weighted by Gasteiger charge is 2.07. The van der Waals surface area contributed by atoms with E-state index in [1.54, 1.807) is 6.26 Å². The van der Waals surface area contributed by atoms with Crippen LogP contribution in [0.3, 0.4) is 0 Å². The van der Waals surface area contributed by atoms with E-state index in [-0.39, 0.29) is 17.7 Å². The molecule has 0 aliphatic rings. The lowest BCUT2D eigenvalue weighted by atomic mass is 10.1. The molecule has 7 heteroatoms. The van der Waals surface area contributed by atoms with Gasteiger partial charge in [0.1, 0.15) is 0 Å². The molecule has 0 saturated carbocycles. The van der Waals surface area contributed by atoms with Crippen molar-refractivity contribution in [3.05, 3.63) is 0 Å². The molecule has 2 unspecified atom stereocenters. The van der Waals surface area contributed by atoms with Gasteiger partial charge in [0, 0.05) is 41.8 Å². The summed E-state index contributed by atoms with van der Waals surface area (Å²) >= 11 is 0. The Morgan fingerprint density at radius 3 is 2.37 bits per heavy atom. The average molecular weight is 292 g/mol. The lowest BCUT2D eigenvalue weighted by Gasteiger charge is -2.10. The lowest BCUT2D eigenvalue weighted by molar-refractivity contribution is -0.137. The van der Waals surface area contributed by atoms with Gasteiger partial charge in [-0.3, -0.25) is 9.00 Å². The van der Waals surface area contributed by atoms with E-state index in [9.17, 15) is 13.8 Å². The maximum absolute atomic E-state index is 11.3. The molecule has 2 amide bonds. The van der Waals surface area contributed by atoms with Crippen molar-refractivity contribution in [1.29, 1.82) is 0 Å². The number of carboxylic acids is 1. The van der Waals surface area contributed by atoms with Gasteiger partial charge >= 0.3 is 12.0 Å². The summed E-state index contributed by atoms with van der Waals surface area (Å²) in [5.41, 5.74) is 0. The number of aliphatic carboxylic acids is 1. The molecule has 0 aromatic rings. The zero-order valence-corrected chi connectivity index (χ0v) is 12.4. The van der Waals surface area contributed by atoms with Crippen LogP contribution in [0.2, 0.25) is 0 Å². The topological polar surface area (TPSA) is 95.5 Å². The molecule has 0 bridgehead atoms. The smallest absolute Gasteiger partial charge is 0.314 e. The van der Waals surface area contributed by atoms with Crippen LogP contribution < -0.4 is 10.6 Å². The third-order valence-corrected chi connectivity index (χ3v) is 4.02. The molecular formula is C12H24N2O4S. The standard InChI is InChI=1S/C12H24N2O4S/c1-10(19(2)18)9-14-12(17)13-8-6-4-3-5-7-11(15)16/h10H,3-9H2,1-2H3,(H,15,16)(H2,13,14,17). The van der Waals surface area contributed by atoms with Crippen LogP contribution in [-0.2, 0) is 15.6 Å². The highest BCUT2D eigenvalue weighted by Crippen LogP contribution is 2.02. The zero-order valence-electron chi connectivity index (χ0n) is 11.6. The number of unbranched alkanes of at least 4 members (excludes halogenated alkanes) is 3. The molecule has 0 aromatic heterocycles. The van der Waals surface area contributed by atoms with Crippen molar-refractivity contribution in [2.45, 2.75) is 44.3 Å². The van der Waals surface area contributed by atoms with Gasteiger partial charge in [0.05, 0.1) is 0 Å². The number of carbonyl (C=O) groups excluding carboxylic acids is 1. The molecule has 0 fully saturated rings. The van der Waals surface area contributed by atoms with Crippen molar-refractivity contribution in [2.24, 2.45) is 0 Å². The normalized spacial score (nSPS) is 13.6.